The molecule has 0 aliphatic heterocycles. The van der Waals surface area contributed by atoms with Crippen molar-refractivity contribution in [2.75, 3.05) is 12.3 Å². The maximum Gasteiger partial charge on any atom is 0.220 e. The highest BCUT2D eigenvalue weighted by Gasteiger charge is 2.14. The van der Waals surface area contributed by atoms with Crippen LogP contribution in [0.15, 0.2) is 24.3 Å². The fraction of sp³-hybridized carbons (Fsp3) is 0.500. The molecule has 0 saturated carbocycles. The number of nitrogens with two attached hydrogens (primary N) is 1. The van der Waals surface area contributed by atoms with Gasteiger partial charge in [-0.1, -0.05) is 26.0 Å². The van der Waals surface area contributed by atoms with Crippen LogP contribution in [0.4, 0.5) is 5.69 Å². The zero-order valence-electron chi connectivity index (χ0n) is 11.0. The molecule has 0 radical (unpaired) electrons. The second-order valence-electron chi connectivity index (χ2n) is 4.85. The van der Waals surface area contributed by atoms with Crippen molar-refractivity contribution in [3.63, 3.8) is 0 Å². The number of carbonyl (C=O) groups is 1. The summed E-state index contributed by atoms with van der Waals surface area (Å²) in [6, 6.07) is 7.37. The lowest BCUT2D eigenvalue weighted by molar-refractivity contribution is -0.122. The highest BCUT2D eigenvalue weighted by atomic mass is 16.3. The number of hydrogen-bond acceptors (Lipinski definition) is 3. The molecule has 4 nitrogen and oxygen atoms in total. The van der Waals surface area contributed by atoms with E-state index in [4.69, 9.17) is 10.8 Å². The van der Waals surface area contributed by atoms with E-state index in [0.29, 0.717) is 18.5 Å². The number of nitrogen functional groups attached to an aromatic ring is 1. The Labute approximate surface area is 108 Å². The predicted octanol–water partition coefficient (Wildman–Crippen LogP) is 1.33. The molecule has 18 heavy (non-hydrogen) atoms. The minimum atomic E-state index is -0.168. The van der Waals surface area contributed by atoms with E-state index < -0.39 is 0 Å². The molecule has 4 heteroatoms. The molecular formula is C14H22N2O2. The zero-order chi connectivity index (χ0) is 13.5. The van der Waals surface area contributed by atoms with Crippen molar-refractivity contribution in [2.24, 2.45) is 5.92 Å². The maximum absolute atomic E-state index is 11.7. The first-order chi connectivity index (χ1) is 8.52. The fourth-order valence-electron chi connectivity index (χ4n) is 1.71. The molecule has 0 unspecified atom stereocenters. The molecule has 1 aromatic rings. The van der Waals surface area contributed by atoms with Crippen LogP contribution in [0.5, 0.6) is 0 Å². The summed E-state index contributed by atoms with van der Waals surface area (Å²) in [7, 11) is 0. The first-order valence-corrected chi connectivity index (χ1v) is 6.27. The van der Waals surface area contributed by atoms with Gasteiger partial charge < -0.3 is 16.2 Å². The number of benzene rings is 1. The molecule has 1 rings (SSSR count). The van der Waals surface area contributed by atoms with E-state index in [1.807, 2.05) is 38.1 Å². The Balaban J connectivity index is 2.41. The van der Waals surface area contributed by atoms with Gasteiger partial charge in [0, 0.05) is 12.1 Å². The largest absolute Gasteiger partial charge is 0.399 e. The van der Waals surface area contributed by atoms with Crippen molar-refractivity contribution >= 4 is 11.6 Å². The van der Waals surface area contributed by atoms with Crippen molar-refractivity contribution in [2.45, 2.75) is 32.7 Å². The fourth-order valence-corrected chi connectivity index (χ4v) is 1.71. The zero-order valence-corrected chi connectivity index (χ0v) is 11.0. The first-order valence-electron chi connectivity index (χ1n) is 6.27. The van der Waals surface area contributed by atoms with E-state index in [2.05, 4.69) is 5.32 Å². The molecule has 0 aliphatic carbocycles. The molecule has 0 saturated heterocycles. The molecule has 1 aromatic carbocycles. The van der Waals surface area contributed by atoms with Crippen molar-refractivity contribution in [3.05, 3.63) is 29.8 Å². The monoisotopic (exact) mass is 250 g/mol. The average molecular weight is 250 g/mol. The minimum Gasteiger partial charge on any atom is -0.399 e. The number of amides is 1. The lowest BCUT2D eigenvalue weighted by atomic mass is 10.0. The van der Waals surface area contributed by atoms with Crippen LogP contribution in [0.2, 0.25) is 0 Å². The molecule has 0 aromatic heterocycles. The van der Waals surface area contributed by atoms with Gasteiger partial charge in [0.2, 0.25) is 5.91 Å². The van der Waals surface area contributed by atoms with E-state index >= 15 is 0 Å². The van der Waals surface area contributed by atoms with Crippen LogP contribution < -0.4 is 11.1 Å². The number of aliphatic hydroxyl groups excluding tert-OH is 1. The third-order valence-electron chi connectivity index (χ3n) is 2.94. The second-order valence-corrected chi connectivity index (χ2v) is 4.85. The minimum absolute atomic E-state index is 0.0261. The van der Waals surface area contributed by atoms with Crippen molar-refractivity contribution < 1.29 is 9.90 Å². The van der Waals surface area contributed by atoms with Crippen LogP contribution in [0.3, 0.4) is 0 Å². The second kappa shape index (κ2) is 7.01. The maximum atomic E-state index is 11.7. The number of anilines is 1. The standard InChI is InChI=1S/C14H22N2O2/c1-10(2)13(9-17)16-14(18)7-6-11-4-3-5-12(15)8-11/h3-5,8,10,13,17H,6-7,9,15H2,1-2H3,(H,16,18)/t13-/m1/s1. The summed E-state index contributed by atoms with van der Waals surface area (Å²) < 4.78 is 0. The molecule has 0 bridgehead atoms. The lowest BCUT2D eigenvalue weighted by Gasteiger charge is -2.19. The van der Waals surface area contributed by atoms with Gasteiger partial charge in [-0.05, 0) is 30.0 Å². The van der Waals surface area contributed by atoms with Crippen molar-refractivity contribution in [1.82, 2.24) is 5.32 Å². The van der Waals surface area contributed by atoms with Crippen molar-refractivity contribution in [1.29, 1.82) is 0 Å². The van der Waals surface area contributed by atoms with Crippen LogP contribution in [0.25, 0.3) is 0 Å². The molecular weight excluding hydrogens is 228 g/mol. The summed E-state index contributed by atoms with van der Waals surface area (Å²) in [4.78, 5) is 11.7. The molecule has 0 aliphatic rings. The van der Waals surface area contributed by atoms with E-state index in [1.54, 1.807) is 0 Å². The Morgan fingerprint density at radius 2 is 2.17 bits per heavy atom. The Kier molecular flexibility index (Phi) is 5.65. The van der Waals surface area contributed by atoms with E-state index in [1.165, 1.54) is 0 Å². The van der Waals surface area contributed by atoms with Gasteiger partial charge in [0.25, 0.3) is 0 Å². The lowest BCUT2D eigenvalue weighted by Crippen LogP contribution is -2.41. The summed E-state index contributed by atoms with van der Waals surface area (Å²) in [5.74, 6) is 0.191. The Morgan fingerprint density at radius 3 is 2.72 bits per heavy atom. The van der Waals surface area contributed by atoms with E-state index in [0.717, 1.165) is 5.56 Å². The van der Waals surface area contributed by atoms with Gasteiger partial charge >= 0.3 is 0 Å². The van der Waals surface area contributed by atoms with Crippen LogP contribution in [0, 0.1) is 5.92 Å². The highest BCUT2D eigenvalue weighted by molar-refractivity contribution is 5.76. The Bertz CT molecular complexity index is 391. The van der Waals surface area contributed by atoms with Crippen LogP contribution in [0.1, 0.15) is 25.8 Å². The normalized spacial score (nSPS) is 12.4. The molecule has 100 valence electrons. The molecule has 1 atom stereocenters. The number of carbonyl (C=O) groups excluding carboxylic acids is 1. The van der Waals surface area contributed by atoms with Gasteiger partial charge in [-0.2, -0.15) is 0 Å². The van der Waals surface area contributed by atoms with E-state index in [9.17, 15) is 4.79 Å². The third-order valence-corrected chi connectivity index (χ3v) is 2.94. The highest BCUT2D eigenvalue weighted by Crippen LogP contribution is 2.09. The van der Waals surface area contributed by atoms with Gasteiger partial charge in [0.05, 0.1) is 12.6 Å². The first kappa shape index (κ1) is 14.5. The van der Waals surface area contributed by atoms with Gasteiger partial charge in [0.1, 0.15) is 0 Å². The van der Waals surface area contributed by atoms with Gasteiger partial charge in [-0.15, -0.1) is 0 Å². The molecule has 1 amide bonds. The number of rotatable bonds is 6. The van der Waals surface area contributed by atoms with Crippen LogP contribution >= 0.6 is 0 Å². The Hall–Kier alpha value is -1.55. The molecule has 0 spiro atoms. The number of hydrogen-bond donors (Lipinski definition) is 3. The predicted molar refractivity (Wildman–Crippen MR) is 73.0 cm³/mol. The molecule has 4 N–H and O–H groups in total. The number of aryl methyl sites for hydroxylation is 1. The topological polar surface area (TPSA) is 75.3 Å². The average Bonchev–Trinajstić information content (AvgIpc) is 2.33. The van der Waals surface area contributed by atoms with Crippen LogP contribution in [-0.4, -0.2) is 23.7 Å². The number of nitrogens with one attached hydrogen (secondary N) is 1. The third kappa shape index (κ3) is 4.75. The van der Waals surface area contributed by atoms with Crippen LogP contribution in [-0.2, 0) is 11.2 Å². The molecule has 0 fully saturated rings. The smallest absolute Gasteiger partial charge is 0.220 e. The summed E-state index contributed by atoms with van der Waals surface area (Å²) in [6.07, 6.45) is 1.07. The Morgan fingerprint density at radius 1 is 1.44 bits per heavy atom. The summed E-state index contributed by atoms with van der Waals surface area (Å²) in [5.41, 5.74) is 7.44. The SMILES string of the molecule is CC(C)[C@@H](CO)NC(=O)CCc1cccc(N)c1. The summed E-state index contributed by atoms with van der Waals surface area (Å²) >= 11 is 0. The van der Waals surface area contributed by atoms with E-state index in [-0.39, 0.29) is 24.5 Å². The quantitative estimate of drug-likeness (QED) is 0.667. The van der Waals surface area contributed by atoms with Gasteiger partial charge in [-0.3, -0.25) is 4.79 Å². The van der Waals surface area contributed by atoms with Gasteiger partial charge in [-0.25, -0.2) is 0 Å². The molecule has 0 heterocycles. The number of aliphatic hydroxyl groups is 1. The van der Waals surface area contributed by atoms with Gasteiger partial charge in [0.15, 0.2) is 0 Å². The summed E-state index contributed by atoms with van der Waals surface area (Å²) in [6.45, 7) is 3.92. The van der Waals surface area contributed by atoms with Crippen molar-refractivity contribution in [3.8, 4) is 0 Å². The summed E-state index contributed by atoms with van der Waals surface area (Å²) in [5, 5.41) is 12.0.